The standard InChI is InChI=1S/C14H16N2O4/c1-20-12-9-5-8-11(13(12)16(18)19)14(17)15-10-6-3-2-4-7-10/h3,5-6,8-10H,2,4,7H2,1H3,(H,15,17)/t10-/m0/s1. The summed E-state index contributed by atoms with van der Waals surface area (Å²) in [6.07, 6.45) is 6.79. The molecule has 1 N–H and O–H groups in total. The molecule has 0 unspecified atom stereocenters. The molecule has 1 atom stereocenters. The third-order valence-corrected chi connectivity index (χ3v) is 3.22. The van der Waals surface area contributed by atoms with E-state index in [1.807, 2.05) is 12.2 Å². The number of allylic oxidation sites excluding steroid dienone is 1. The van der Waals surface area contributed by atoms with Crippen LogP contribution in [0.25, 0.3) is 0 Å². The van der Waals surface area contributed by atoms with Crippen molar-refractivity contribution in [1.29, 1.82) is 0 Å². The molecule has 6 nitrogen and oxygen atoms in total. The van der Waals surface area contributed by atoms with Gasteiger partial charge in [-0.1, -0.05) is 18.2 Å². The lowest BCUT2D eigenvalue weighted by molar-refractivity contribution is -0.386. The number of methoxy groups -OCH3 is 1. The number of nitrogens with one attached hydrogen (secondary N) is 1. The fraction of sp³-hybridized carbons (Fsp3) is 0.357. The summed E-state index contributed by atoms with van der Waals surface area (Å²) in [4.78, 5) is 22.7. The van der Waals surface area contributed by atoms with Gasteiger partial charge in [0.25, 0.3) is 5.91 Å². The van der Waals surface area contributed by atoms with Gasteiger partial charge < -0.3 is 10.1 Å². The predicted molar refractivity (Wildman–Crippen MR) is 73.9 cm³/mol. The zero-order valence-corrected chi connectivity index (χ0v) is 11.2. The molecule has 1 aromatic rings. The molecule has 2 rings (SSSR count). The lowest BCUT2D eigenvalue weighted by Crippen LogP contribution is -2.34. The van der Waals surface area contributed by atoms with Crippen molar-refractivity contribution in [3.63, 3.8) is 0 Å². The second-order valence-electron chi connectivity index (χ2n) is 4.55. The number of benzene rings is 1. The first-order valence-corrected chi connectivity index (χ1v) is 6.42. The zero-order chi connectivity index (χ0) is 14.5. The van der Waals surface area contributed by atoms with Crippen LogP contribution in [0.1, 0.15) is 29.6 Å². The van der Waals surface area contributed by atoms with Crippen molar-refractivity contribution < 1.29 is 14.5 Å². The topological polar surface area (TPSA) is 81.5 Å². The van der Waals surface area contributed by atoms with Gasteiger partial charge in [-0.05, 0) is 31.4 Å². The number of ether oxygens (including phenoxy) is 1. The fourth-order valence-corrected chi connectivity index (χ4v) is 2.24. The first kappa shape index (κ1) is 14.0. The molecular weight excluding hydrogens is 260 g/mol. The van der Waals surface area contributed by atoms with E-state index in [0.717, 1.165) is 19.3 Å². The smallest absolute Gasteiger partial charge is 0.323 e. The van der Waals surface area contributed by atoms with Gasteiger partial charge in [-0.2, -0.15) is 0 Å². The Morgan fingerprint density at radius 2 is 2.30 bits per heavy atom. The number of rotatable bonds is 4. The second-order valence-corrected chi connectivity index (χ2v) is 4.55. The van der Waals surface area contributed by atoms with Crippen LogP contribution in [0.5, 0.6) is 5.75 Å². The van der Waals surface area contributed by atoms with E-state index < -0.39 is 10.8 Å². The van der Waals surface area contributed by atoms with E-state index in [1.165, 1.54) is 19.2 Å². The highest BCUT2D eigenvalue weighted by Crippen LogP contribution is 2.30. The molecule has 1 aromatic carbocycles. The Bertz CT molecular complexity index is 554. The van der Waals surface area contributed by atoms with E-state index in [0.29, 0.717) is 0 Å². The minimum Gasteiger partial charge on any atom is -0.490 e. The van der Waals surface area contributed by atoms with E-state index in [1.54, 1.807) is 6.07 Å². The Labute approximate surface area is 116 Å². The molecule has 1 aliphatic rings. The maximum atomic E-state index is 12.2. The zero-order valence-electron chi connectivity index (χ0n) is 11.2. The van der Waals surface area contributed by atoms with Crippen LogP contribution in [0.4, 0.5) is 5.69 Å². The number of nitro groups is 1. The first-order chi connectivity index (χ1) is 9.63. The average molecular weight is 276 g/mol. The quantitative estimate of drug-likeness (QED) is 0.520. The third kappa shape index (κ3) is 2.96. The SMILES string of the molecule is COc1cccc(C(=O)N[C@H]2C=CCCC2)c1[N+](=O)[O-]. The molecule has 0 saturated heterocycles. The highest BCUT2D eigenvalue weighted by molar-refractivity contribution is 5.99. The Morgan fingerprint density at radius 3 is 2.90 bits per heavy atom. The van der Waals surface area contributed by atoms with Crippen molar-refractivity contribution >= 4 is 11.6 Å². The van der Waals surface area contributed by atoms with E-state index in [-0.39, 0.29) is 23.0 Å². The van der Waals surface area contributed by atoms with Crippen LogP contribution in [0, 0.1) is 10.1 Å². The van der Waals surface area contributed by atoms with Gasteiger partial charge in [0.2, 0.25) is 0 Å². The van der Waals surface area contributed by atoms with Gasteiger partial charge in [0.1, 0.15) is 5.56 Å². The summed E-state index contributed by atoms with van der Waals surface area (Å²) in [7, 11) is 1.34. The van der Waals surface area contributed by atoms with Crippen LogP contribution < -0.4 is 10.1 Å². The Hall–Kier alpha value is -2.37. The van der Waals surface area contributed by atoms with Crippen molar-refractivity contribution in [3.8, 4) is 5.75 Å². The van der Waals surface area contributed by atoms with Crippen LogP contribution in [0.2, 0.25) is 0 Å². The number of carbonyl (C=O) groups is 1. The molecule has 0 heterocycles. The maximum Gasteiger partial charge on any atom is 0.323 e. The van der Waals surface area contributed by atoms with Gasteiger partial charge in [0.05, 0.1) is 12.0 Å². The minimum absolute atomic E-state index is 0.0216. The normalized spacial score (nSPS) is 17.6. The third-order valence-electron chi connectivity index (χ3n) is 3.22. The van der Waals surface area contributed by atoms with E-state index in [9.17, 15) is 14.9 Å². The molecule has 1 aliphatic carbocycles. The Kier molecular flexibility index (Phi) is 4.34. The van der Waals surface area contributed by atoms with Gasteiger partial charge in [-0.15, -0.1) is 0 Å². The summed E-state index contributed by atoms with van der Waals surface area (Å²) in [6.45, 7) is 0. The molecule has 0 fully saturated rings. The minimum atomic E-state index is -0.593. The number of carbonyl (C=O) groups excluding carboxylic acids is 1. The molecule has 0 radical (unpaired) electrons. The number of amides is 1. The van der Waals surface area contributed by atoms with Gasteiger partial charge in [0, 0.05) is 6.04 Å². The molecule has 1 amide bonds. The van der Waals surface area contributed by atoms with Crippen LogP contribution >= 0.6 is 0 Å². The van der Waals surface area contributed by atoms with Crippen molar-refractivity contribution in [2.24, 2.45) is 0 Å². The Morgan fingerprint density at radius 1 is 1.50 bits per heavy atom. The highest BCUT2D eigenvalue weighted by atomic mass is 16.6. The number of hydrogen-bond donors (Lipinski definition) is 1. The lowest BCUT2D eigenvalue weighted by atomic mass is 10.0. The van der Waals surface area contributed by atoms with Crippen LogP contribution in [0.3, 0.4) is 0 Å². The highest BCUT2D eigenvalue weighted by Gasteiger charge is 2.26. The monoisotopic (exact) mass is 276 g/mol. The largest absolute Gasteiger partial charge is 0.490 e. The van der Waals surface area contributed by atoms with Crippen molar-refractivity contribution in [2.75, 3.05) is 7.11 Å². The van der Waals surface area contributed by atoms with Gasteiger partial charge in [-0.25, -0.2) is 0 Å². The van der Waals surface area contributed by atoms with E-state index >= 15 is 0 Å². The van der Waals surface area contributed by atoms with E-state index in [2.05, 4.69) is 5.32 Å². The molecule has 0 bridgehead atoms. The second kappa shape index (κ2) is 6.18. The predicted octanol–water partition coefficient (Wildman–Crippen LogP) is 2.44. The summed E-state index contributed by atoms with van der Waals surface area (Å²) in [6, 6.07) is 4.40. The number of hydrogen-bond acceptors (Lipinski definition) is 4. The molecule has 0 spiro atoms. The van der Waals surface area contributed by atoms with Gasteiger partial charge in [0.15, 0.2) is 5.75 Å². The van der Waals surface area contributed by atoms with Crippen molar-refractivity contribution in [3.05, 3.63) is 46.0 Å². The summed E-state index contributed by atoms with van der Waals surface area (Å²) >= 11 is 0. The number of nitrogens with zero attached hydrogens (tertiary/aromatic N) is 1. The average Bonchev–Trinajstić information content (AvgIpc) is 2.47. The summed E-state index contributed by atoms with van der Waals surface area (Å²) < 4.78 is 4.95. The van der Waals surface area contributed by atoms with E-state index in [4.69, 9.17) is 4.74 Å². The molecule has 6 heteroatoms. The molecule has 0 aliphatic heterocycles. The van der Waals surface area contributed by atoms with Gasteiger partial charge >= 0.3 is 5.69 Å². The Balaban J connectivity index is 2.27. The molecule has 106 valence electrons. The van der Waals surface area contributed by atoms with Crippen LogP contribution in [-0.2, 0) is 0 Å². The summed E-state index contributed by atoms with van der Waals surface area (Å²) in [5.41, 5.74) is -0.277. The van der Waals surface area contributed by atoms with Crippen molar-refractivity contribution in [2.45, 2.75) is 25.3 Å². The van der Waals surface area contributed by atoms with Crippen LogP contribution in [-0.4, -0.2) is 24.0 Å². The fourth-order valence-electron chi connectivity index (χ4n) is 2.24. The molecular formula is C14H16N2O4. The summed E-state index contributed by atoms with van der Waals surface area (Å²) in [5, 5.41) is 13.9. The number of nitro benzene ring substituents is 1. The summed E-state index contributed by atoms with van der Waals surface area (Å²) in [5.74, 6) is -0.367. The lowest BCUT2D eigenvalue weighted by Gasteiger charge is -2.18. The molecule has 0 saturated carbocycles. The molecule has 0 aromatic heterocycles. The van der Waals surface area contributed by atoms with Crippen LogP contribution in [0.15, 0.2) is 30.4 Å². The van der Waals surface area contributed by atoms with Gasteiger partial charge in [-0.3, -0.25) is 14.9 Å². The maximum absolute atomic E-state index is 12.2. The molecule has 20 heavy (non-hydrogen) atoms. The van der Waals surface area contributed by atoms with Crippen molar-refractivity contribution in [1.82, 2.24) is 5.32 Å². The first-order valence-electron chi connectivity index (χ1n) is 6.42. The number of para-hydroxylation sites is 1.